The van der Waals surface area contributed by atoms with Gasteiger partial charge in [0, 0.05) is 0 Å². The van der Waals surface area contributed by atoms with Gasteiger partial charge in [0.25, 0.3) is 6.43 Å². The Labute approximate surface area is 109 Å². The first-order valence-corrected chi connectivity index (χ1v) is 5.06. The summed E-state index contributed by atoms with van der Waals surface area (Å²) in [5, 5.41) is 8.63. The lowest BCUT2D eigenvalue weighted by molar-refractivity contribution is -0.141. The summed E-state index contributed by atoms with van der Waals surface area (Å²) in [6, 6.07) is 1.80. The molecule has 4 nitrogen and oxygen atoms in total. The van der Waals surface area contributed by atoms with E-state index in [2.05, 4.69) is 9.72 Å². The van der Waals surface area contributed by atoms with E-state index in [-0.39, 0.29) is 0 Å². The number of hydrogen-bond acceptors (Lipinski definition) is 4. The standard InChI is InChI=1S/C11H7F5N2O2/c1-20-7(19)3-5-2-6(4-17)9(11(14,15)16)18-8(5)10(12)13/h2,10H,3H2,1H3. The molecule has 0 saturated carbocycles. The van der Waals surface area contributed by atoms with E-state index in [0.29, 0.717) is 6.07 Å². The number of hydrogen-bond donors (Lipinski definition) is 0. The monoisotopic (exact) mass is 294 g/mol. The Balaban J connectivity index is 3.46. The minimum atomic E-state index is -5.04. The van der Waals surface area contributed by atoms with Crippen LogP contribution in [0.2, 0.25) is 0 Å². The third-order valence-electron chi connectivity index (χ3n) is 2.29. The molecule has 9 heteroatoms. The van der Waals surface area contributed by atoms with Crippen molar-refractivity contribution in [3.63, 3.8) is 0 Å². The van der Waals surface area contributed by atoms with Gasteiger partial charge in [-0.2, -0.15) is 18.4 Å². The summed E-state index contributed by atoms with van der Waals surface area (Å²) in [4.78, 5) is 13.8. The SMILES string of the molecule is COC(=O)Cc1cc(C#N)c(C(F)(F)F)nc1C(F)F. The Morgan fingerprint density at radius 3 is 2.50 bits per heavy atom. The van der Waals surface area contributed by atoms with Crippen molar-refractivity contribution >= 4 is 5.97 Å². The lowest BCUT2D eigenvalue weighted by Gasteiger charge is -2.13. The normalized spacial score (nSPS) is 11.3. The highest BCUT2D eigenvalue weighted by Crippen LogP contribution is 2.33. The quantitative estimate of drug-likeness (QED) is 0.635. The van der Waals surface area contributed by atoms with E-state index in [1.54, 1.807) is 0 Å². The summed E-state index contributed by atoms with van der Waals surface area (Å²) in [6.07, 6.45) is -9.06. The number of nitriles is 1. The molecule has 108 valence electrons. The highest BCUT2D eigenvalue weighted by atomic mass is 19.4. The molecule has 1 aromatic heterocycles. The topological polar surface area (TPSA) is 63.0 Å². The lowest BCUT2D eigenvalue weighted by Crippen LogP contribution is -2.16. The van der Waals surface area contributed by atoms with Gasteiger partial charge in [0.15, 0.2) is 5.69 Å². The summed E-state index contributed by atoms with van der Waals surface area (Å²) in [7, 11) is 0.993. The molecule has 0 unspecified atom stereocenters. The molecule has 0 amide bonds. The van der Waals surface area contributed by atoms with Crippen molar-refractivity contribution in [1.29, 1.82) is 5.26 Å². The number of carbonyl (C=O) groups is 1. The fourth-order valence-corrected chi connectivity index (χ4v) is 1.43. The molecule has 1 rings (SSSR count). The molecule has 0 aliphatic heterocycles. The molecule has 1 heterocycles. The van der Waals surface area contributed by atoms with E-state index in [0.717, 1.165) is 7.11 Å². The number of ether oxygens (including phenoxy) is 1. The zero-order valence-electron chi connectivity index (χ0n) is 9.96. The zero-order valence-corrected chi connectivity index (χ0v) is 9.96. The Morgan fingerprint density at radius 2 is 2.10 bits per heavy atom. The van der Waals surface area contributed by atoms with Crippen LogP contribution in [0.4, 0.5) is 22.0 Å². The molecule has 1 aromatic rings. The van der Waals surface area contributed by atoms with Crippen LogP contribution in [0.3, 0.4) is 0 Å². The lowest BCUT2D eigenvalue weighted by atomic mass is 10.0. The number of nitrogens with zero attached hydrogens (tertiary/aromatic N) is 2. The van der Waals surface area contributed by atoms with E-state index in [4.69, 9.17) is 5.26 Å². The van der Waals surface area contributed by atoms with Gasteiger partial charge in [-0.25, -0.2) is 13.8 Å². The minimum Gasteiger partial charge on any atom is -0.469 e. The maximum absolute atomic E-state index is 12.7. The van der Waals surface area contributed by atoms with Gasteiger partial charge >= 0.3 is 12.1 Å². The molecule has 0 bridgehead atoms. The maximum atomic E-state index is 12.7. The molecule has 0 spiro atoms. The second-order valence-electron chi connectivity index (χ2n) is 3.59. The van der Waals surface area contributed by atoms with Gasteiger partial charge in [-0.15, -0.1) is 0 Å². The number of esters is 1. The van der Waals surface area contributed by atoms with Gasteiger partial charge in [-0.3, -0.25) is 4.79 Å². The Hall–Kier alpha value is -2.24. The highest BCUT2D eigenvalue weighted by Gasteiger charge is 2.37. The van der Waals surface area contributed by atoms with Gasteiger partial charge < -0.3 is 4.74 Å². The van der Waals surface area contributed by atoms with Crippen molar-refractivity contribution < 1.29 is 31.5 Å². The number of pyridine rings is 1. The van der Waals surface area contributed by atoms with Crippen molar-refractivity contribution in [1.82, 2.24) is 4.98 Å². The van der Waals surface area contributed by atoms with Crippen LogP contribution in [0.15, 0.2) is 6.07 Å². The first-order valence-electron chi connectivity index (χ1n) is 5.06. The van der Waals surface area contributed by atoms with Crippen molar-refractivity contribution in [2.75, 3.05) is 7.11 Å². The van der Waals surface area contributed by atoms with Crippen LogP contribution in [0.5, 0.6) is 0 Å². The molecule has 0 N–H and O–H groups in total. The van der Waals surface area contributed by atoms with Crippen LogP contribution in [0.1, 0.15) is 28.9 Å². The van der Waals surface area contributed by atoms with E-state index >= 15 is 0 Å². The average molecular weight is 294 g/mol. The van der Waals surface area contributed by atoms with Crippen LogP contribution >= 0.6 is 0 Å². The van der Waals surface area contributed by atoms with E-state index in [1.807, 2.05) is 0 Å². The van der Waals surface area contributed by atoms with Crippen molar-refractivity contribution in [3.8, 4) is 6.07 Å². The first kappa shape index (κ1) is 15.8. The summed E-state index contributed by atoms with van der Waals surface area (Å²) in [6.45, 7) is 0. The predicted octanol–water partition coefficient (Wildman–Crippen LogP) is 2.63. The van der Waals surface area contributed by atoms with Crippen LogP contribution in [-0.2, 0) is 22.1 Å². The van der Waals surface area contributed by atoms with E-state index in [9.17, 15) is 26.7 Å². The Kier molecular flexibility index (Phi) is 4.60. The molecule has 0 aliphatic rings. The third kappa shape index (κ3) is 3.40. The summed E-state index contributed by atoms with van der Waals surface area (Å²) >= 11 is 0. The van der Waals surface area contributed by atoms with Crippen LogP contribution < -0.4 is 0 Å². The molecule has 20 heavy (non-hydrogen) atoms. The molecule has 0 atom stereocenters. The van der Waals surface area contributed by atoms with Crippen LogP contribution in [0.25, 0.3) is 0 Å². The highest BCUT2D eigenvalue weighted by molar-refractivity contribution is 5.73. The van der Waals surface area contributed by atoms with Gasteiger partial charge in [0.05, 0.1) is 19.1 Å². The number of rotatable bonds is 3. The van der Waals surface area contributed by atoms with Gasteiger partial charge in [-0.05, 0) is 11.6 Å². The summed E-state index contributed by atoms with van der Waals surface area (Å²) in [5.41, 5.74) is -4.30. The maximum Gasteiger partial charge on any atom is 0.434 e. The molecular weight excluding hydrogens is 287 g/mol. The molecule has 0 fully saturated rings. The number of carbonyl (C=O) groups excluding carboxylic acids is 1. The van der Waals surface area contributed by atoms with Crippen LogP contribution in [-0.4, -0.2) is 18.1 Å². The van der Waals surface area contributed by atoms with Crippen LogP contribution in [0, 0.1) is 11.3 Å². The van der Waals surface area contributed by atoms with Crippen molar-refractivity contribution in [2.24, 2.45) is 0 Å². The number of alkyl halides is 5. The molecule has 0 aliphatic carbocycles. The summed E-state index contributed by atoms with van der Waals surface area (Å²) in [5.74, 6) is -0.933. The molecule has 0 radical (unpaired) electrons. The smallest absolute Gasteiger partial charge is 0.434 e. The average Bonchev–Trinajstić information content (AvgIpc) is 2.36. The molecular formula is C11H7F5N2O2. The van der Waals surface area contributed by atoms with E-state index < -0.39 is 47.5 Å². The first-order chi connectivity index (χ1) is 9.20. The van der Waals surface area contributed by atoms with Gasteiger partial charge in [-0.1, -0.05) is 0 Å². The van der Waals surface area contributed by atoms with Crippen molar-refractivity contribution in [3.05, 3.63) is 28.6 Å². The molecule has 0 saturated heterocycles. The fraction of sp³-hybridized carbons (Fsp3) is 0.364. The van der Waals surface area contributed by atoms with Crippen molar-refractivity contribution in [2.45, 2.75) is 19.0 Å². The fourth-order valence-electron chi connectivity index (χ4n) is 1.43. The number of aromatic nitrogens is 1. The molecule has 0 aromatic carbocycles. The Bertz CT molecular complexity index is 563. The van der Waals surface area contributed by atoms with E-state index in [1.165, 1.54) is 6.07 Å². The second kappa shape index (κ2) is 5.81. The zero-order chi connectivity index (χ0) is 15.5. The minimum absolute atomic E-state index is 0.476. The number of methoxy groups -OCH3 is 1. The van der Waals surface area contributed by atoms with Gasteiger partial charge in [0.1, 0.15) is 11.8 Å². The summed E-state index contributed by atoms with van der Waals surface area (Å²) < 4.78 is 67.5. The third-order valence-corrected chi connectivity index (χ3v) is 2.29. The van der Waals surface area contributed by atoms with Gasteiger partial charge in [0.2, 0.25) is 0 Å². The second-order valence-corrected chi connectivity index (χ2v) is 3.59. The number of halogens is 5. The predicted molar refractivity (Wildman–Crippen MR) is 54.6 cm³/mol. The largest absolute Gasteiger partial charge is 0.469 e. The Morgan fingerprint density at radius 1 is 1.50 bits per heavy atom.